The van der Waals surface area contributed by atoms with Gasteiger partial charge in [-0.2, -0.15) is 0 Å². The third-order valence-corrected chi connectivity index (χ3v) is 6.70. The smallest absolute Gasteiger partial charge is 0.115 e. The van der Waals surface area contributed by atoms with Crippen LogP contribution < -0.4 is 0 Å². The summed E-state index contributed by atoms with van der Waals surface area (Å²) in [7, 11) is 2.22. The van der Waals surface area contributed by atoms with Gasteiger partial charge in [-0.3, -0.25) is 0 Å². The van der Waals surface area contributed by atoms with Crippen LogP contribution in [0.4, 0.5) is 0 Å². The van der Waals surface area contributed by atoms with Crippen LogP contribution in [-0.4, -0.2) is 41.9 Å². The van der Waals surface area contributed by atoms with E-state index in [0.29, 0.717) is 12.3 Å². The fourth-order valence-corrected chi connectivity index (χ4v) is 5.02. The van der Waals surface area contributed by atoms with Crippen molar-refractivity contribution in [1.29, 1.82) is 0 Å². The Bertz CT molecular complexity index is 1040. The number of likely N-dealkylation sites (tertiary alicyclic amines) is 1. The maximum absolute atomic E-state index is 9.90. The largest absolute Gasteiger partial charge is 0.508 e. The Morgan fingerprint density at radius 3 is 2.48 bits per heavy atom. The van der Waals surface area contributed by atoms with Crippen LogP contribution in [0.3, 0.4) is 0 Å². The molecular formula is C30H35NO2. The normalized spacial score (nSPS) is 20.0. The van der Waals surface area contributed by atoms with Crippen molar-refractivity contribution >= 4 is 11.1 Å². The van der Waals surface area contributed by atoms with Crippen molar-refractivity contribution in [3.8, 4) is 5.75 Å². The van der Waals surface area contributed by atoms with E-state index in [9.17, 15) is 10.2 Å². The van der Waals surface area contributed by atoms with Gasteiger partial charge in [-0.15, -0.1) is 0 Å². The van der Waals surface area contributed by atoms with Gasteiger partial charge in [0.15, 0.2) is 0 Å². The summed E-state index contributed by atoms with van der Waals surface area (Å²) in [6.07, 6.45) is 14.2. The Labute approximate surface area is 198 Å². The number of allylic oxidation sites excluding steroid dienone is 7. The van der Waals surface area contributed by atoms with Crippen LogP contribution in [-0.2, 0) is 0 Å². The molecule has 0 amide bonds. The second kappa shape index (κ2) is 11.3. The second-order valence-corrected chi connectivity index (χ2v) is 9.13. The highest BCUT2D eigenvalue weighted by Gasteiger charge is 2.21. The number of hydrogen-bond donors (Lipinski definition) is 2. The highest BCUT2D eigenvalue weighted by Crippen LogP contribution is 2.38. The molecule has 3 nitrogen and oxygen atoms in total. The first-order valence-corrected chi connectivity index (χ1v) is 12.1. The summed E-state index contributed by atoms with van der Waals surface area (Å²) in [6.45, 7) is 2.48. The molecule has 2 aromatic carbocycles. The minimum absolute atomic E-state index is 0.162. The molecular weight excluding hydrogens is 406 g/mol. The maximum atomic E-state index is 9.90. The Balaban J connectivity index is 1.76. The van der Waals surface area contributed by atoms with Crippen LogP contribution in [0.2, 0.25) is 0 Å². The molecule has 2 N–H and O–H groups in total. The number of piperidine rings is 1. The highest BCUT2D eigenvalue weighted by molar-refractivity contribution is 5.99. The van der Waals surface area contributed by atoms with Crippen LogP contribution >= 0.6 is 0 Å². The van der Waals surface area contributed by atoms with E-state index in [1.54, 1.807) is 12.1 Å². The minimum Gasteiger partial charge on any atom is -0.508 e. The van der Waals surface area contributed by atoms with E-state index < -0.39 is 0 Å². The van der Waals surface area contributed by atoms with Gasteiger partial charge in [-0.05, 0) is 97.2 Å². The maximum Gasteiger partial charge on any atom is 0.115 e. The van der Waals surface area contributed by atoms with Crippen LogP contribution in [0.25, 0.3) is 11.1 Å². The van der Waals surface area contributed by atoms with E-state index >= 15 is 0 Å². The van der Waals surface area contributed by atoms with E-state index in [0.717, 1.165) is 24.9 Å². The number of hydrogen-bond acceptors (Lipinski definition) is 3. The quantitative estimate of drug-likeness (QED) is 0.501. The number of nitrogens with zero attached hydrogens (tertiary/aromatic N) is 1. The molecule has 2 aliphatic rings. The summed E-state index contributed by atoms with van der Waals surface area (Å²) in [6, 6.07) is 18.0. The summed E-state index contributed by atoms with van der Waals surface area (Å²) in [5.41, 5.74) is 7.31. The zero-order valence-electron chi connectivity index (χ0n) is 19.6. The van der Waals surface area contributed by atoms with Crippen molar-refractivity contribution in [2.45, 2.75) is 32.1 Å². The number of phenolic OH excluding ortho intramolecular Hbond substituents is 1. The van der Waals surface area contributed by atoms with E-state index in [1.807, 2.05) is 18.2 Å². The molecule has 4 rings (SSSR count). The lowest BCUT2D eigenvalue weighted by Crippen LogP contribution is -2.32. The molecule has 3 heteroatoms. The number of aliphatic hydroxyl groups excluding tert-OH is 1. The van der Waals surface area contributed by atoms with Crippen LogP contribution in [0.1, 0.15) is 43.2 Å². The molecule has 0 bridgehead atoms. The van der Waals surface area contributed by atoms with Crippen LogP contribution in [0.5, 0.6) is 5.75 Å². The average Bonchev–Trinajstić information content (AvgIpc) is 3.09. The first-order valence-electron chi connectivity index (χ1n) is 12.1. The van der Waals surface area contributed by atoms with Crippen LogP contribution in [0.15, 0.2) is 90.0 Å². The molecule has 1 aliphatic carbocycles. The first-order chi connectivity index (χ1) is 16.2. The van der Waals surface area contributed by atoms with Gasteiger partial charge in [-0.25, -0.2) is 0 Å². The summed E-state index contributed by atoms with van der Waals surface area (Å²) < 4.78 is 0. The molecule has 2 aromatic rings. The molecule has 1 aliphatic heterocycles. The summed E-state index contributed by atoms with van der Waals surface area (Å²) in [5.74, 6) is 0.863. The average molecular weight is 442 g/mol. The Morgan fingerprint density at radius 1 is 0.970 bits per heavy atom. The molecule has 0 saturated carbocycles. The van der Waals surface area contributed by atoms with Crippen molar-refractivity contribution in [3.05, 3.63) is 101 Å². The molecule has 1 fully saturated rings. The predicted octanol–water partition coefficient (Wildman–Crippen LogP) is 6.23. The molecule has 33 heavy (non-hydrogen) atoms. The lowest BCUT2D eigenvalue weighted by molar-refractivity contribution is 0.232. The first kappa shape index (κ1) is 23.3. The van der Waals surface area contributed by atoms with E-state index in [4.69, 9.17) is 0 Å². The summed E-state index contributed by atoms with van der Waals surface area (Å²) in [4.78, 5) is 2.44. The van der Waals surface area contributed by atoms with Gasteiger partial charge < -0.3 is 15.1 Å². The lowest BCUT2D eigenvalue weighted by atomic mass is 9.86. The molecule has 1 saturated heterocycles. The van der Waals surface area contributed by atoms with Crippen molar-refractivity contribution in [3.63, 3.8) is 0 Å². The Kier molecular flexibility index (Phi) is 7.98. The fourth-order valence-electron chi connectivity index (χ4n) is 5.02. The number of rotatable bonds is 7. The monoisotopic (exact) mass is 441 g/mol. The molecule has 0 spiro atoms. The molecule has 1 unspecified atom stereocenters. The van der Waals surface area contributed by atoms with E-state index in [-0.39, 0.29) is 12.4 Å². The fraction of sp³-hybridized carbons (Fsp3) is 0.333. The van der Waals surface area contributed by atoms with Gasteiger partial charge in [0.1, 0.15) is 5.75 Å². The summed E-state index contributed by atoms with van der Waals surface area (Å²) in [5, 5.41) is 19.5. The third-order valence-electron chi connectivity index (χ3n) is 6.70. The minimum atomic E-state index is 0.162. The van der Waals surface area contributed by atoms with E-state index in [2.05, 4.69) is 60.5 Å². The van der Waals surface area contributed by atoms with Crippen molar-refractivity contribution in [2.75, 3.05) is 26.7 Å². The van der Waals surface area contributed by atoms with Crippen molar-refractivity contribution in [2.24, 2.45) is 5.92 Å². The molecule has 1 heterocycles. The zero-order chi connectivity index (χ0) is 23.0. The van der Waals surface area contributed by atoms with Gasteiger partial charge >= 0.3 is 0 Å². The van der Waals surface area contributed by atoms with Crippen LogP contribution in [0, 0.1) is 5.92 Å². The predicted molar refractivity (Wildman–Crippen MR) is 138 cm³/mol. The highest BCUT2D eigenvalue weighted by atomic mass is 16.3. The summed E-state index contributed by atoms with van der Waals surface area (Å²) >= 11 is 0. The standard InChI is InChI=1S/C30H35NO2/c1-31-20-6-12-27(22-31)23-10-5-11-25(15-14-23)30(26-16-18-28(33)19-17-26)29(13-7-21-32)24-8-3-2-4-9-24/h2-4,8-11,14-19,27,32-33H,5-7,12-13,20-22H2,1H3/b30-29+. The van der Waals surface area contributed by atoms with Gasteiger partial charge in [0.2, 0.25) is 0 Å². The molecule has 172 valence electrons. The molecule has 0 radical (unpaired) electrons. The molecule has 0 aromatic heterocycles. The zero-order valence-corrected chi connectivity index (χ0v) is 19.6. The SMILES string of the molecule is CN1CCCC(C2=CCC=C(/C(=C(/CCCO)c3ccccc3)c3ccc(O)cc3)C=C2)C1. The topological polar surface area (TPSA) is 43.7 Å². The van der Waals surface area contributed by atoms with E-state index in [1.165, 1.54) is 47.2 Å². The lowest BCUT2D eigenvalue weighted by Gasteiger charge is -2.30. The van der Waals surface area contributed by atoms with Crippen molar-refractivity contribution in [1.82, 2.24) is 4.90 Å². The van der Waals surface area contributed by atoms with Gasteiger partial charge in [-0.1, -0.05) is 66.8 Å². The Morgan fingerprint density at radius 2 is 1.76 bits per heavy atom. The third kappa shape index (κ3) is 5.93. The number of benzene rings is 2. The van der Waals surface area contributed by atoms with Gasteiger partial charge in [0, 0.05) is 13.2 Å². The molecule has 1 atom stereocenters. The second-order valence-electron chi connectivity index (χ2n) is 9.13. The Hall–Kier alpha value is -2.88. The number of aromatic hydroxyl groups is 1. The van der Waals surface area contributed by atoms with Gasteiger partial charge in [0.25, 0.3) is 0 Å². The number of phenols is 1. The van der Waals surface area contributed by atoms with Crippen molar-refractivity contribution < 1.29 is 10.2 Å². The van der Waals surface area contributed by atoms with Gasteiger partial charge in [0.05, 0.1) is 0 Å². The number of aliphatic hydroxyl groups is 1.